The number of hydrogen-bond donors (Lipinski definition) is 0. The Morgan fingerprint density at radius 3 is 2.73 bits per heavy atom. The first kappa shape index (κ1) is 11.1. The van der Waals surface area contributed by atoms with Gasteiger partial charge in [0.25, 0.3) is 0 Å². The molecule has 1 aromatic carbocycles. The van der Waals surface area contributed by atoms with Gasteiger partial charge in [-0.05, 0) is 17.7 Å². The quantitative estimate of drug-likeness (QED) is 0.702. The van der Waals surface area contributed by atoms with Crippen molar-refractivity contribution in [2.24, 2.45) is 0 Å². The van der Waals surface area contributed by atoms with Gasteiger partial charge in [0.1, 0.15) is 5.75 Å². The van der Waals surface area contributed by atoms with E-state index in [4.69, 9.17) is 10.00 Å². The van der Waals surface area contributed by atoms with Gasteiger partial charge in [-0.1, -0.05) is 6.07 Å². The van der Waals surface area contributed by atoms with Gasteiger partial charge in [-0.3, -0.25) is 0 Å². The minimum absolute atomic E-state index is 0.175. The van der Waals surface area contributed by atoms with Crippen molar-refractivity contribution in [2.75, 3.05) is 14.2 Å². The molecule has 0 spiro atoms. The number of carbonyl (C=O) groups is 1. The Morgan fingerprint density at radius 2 is 2.20 bits per heavy atom. The van der Waals surface area contributed by atoms with Gasteiger partial charge in [0.05, 0.1) is 32.3 Å². The van der Waals surface area contributed by atoms with Crippen LogP contribution in [-0.4, -0.2) is 20.2 Å². The average molecular weight is 205 g/mol. The Morgan fingerprint density at radius 1 is 1.47 bits per heavy atom. The summed E-state index contributed by atoms with van der Waals surface area (Å²) >= 11 is 0. The highest BCUT2D eigenvalue weighted by atomic mass is 16.5. The first-order valence-corrected chi connectivity index (χ1v) is 4.35. The van der Waals surface area contributed by atoms with E-state index in [-0.39, 0.29) is 6.42 Å². The van der Waals surface area contributed by atoms with Crippen molar-refractivity contribution in [3.63, 3.8) is 0 Å². The first-order valence-electron chi connectivity index (χ1n) is 4.35. The third-order valence-electron chi connectivity index (χ3n) is 1.99. The van der Waals surface area contributed by atoms with Crippen molar-refractivity contribution in [1.82, 2.24) is 0 Å². The lowest BCUT2D eigenvalue weighted by molar-refractivity contribution is 0.0599. The third-order valence-corrected chi connectivity index (χ3v) is 1.99. The van der Waals surface area contributed by atoms with Gasteiger partial charge in [0.2, 0.25) is 0 Å². The summed E-state index contributed by atoms with van der Waals surface area (Å²) in [5.41, 5.74) is 1.02. The molecule has 0 unspecified atom stereocenters. The van der Waals surface area contributed by atoms with Crippen LogP contribution in [0.15, 0.2) is 18.2 Å². The Kier molecular flexibility index (Phi) is 3.69. The zero-order chi connectivity index (χ0) is 11.3. The standard InChI is InChI=1S/C11H11NO3/c1-14-9-4-3-8(5-6-12)10(7-9)11(13)15-2/h3-4,7H,5H2,1-2H3. The summed E-state index contributed by atoms with van der Waals surface area (Å²) in [6, 6.07) is 6.96. The van der Waals surface area contributed by atoms with Crippen molar-refractivity contribution < 1.29 is 14.3 Å². The predicted octanol–water partition coefficient (Wildman–Crippen LogP) is 1.55. The Hall–Kier alpha value is -2.02. The zero-order valence-electron chi connectivity index (χ0n) is 8.61. The maximum Gasteiger partial charge on any atom is 0.338 e. The third kappa shape index (κ3) is 2.47. The number of ether oxygens (including phenoxy) is 2. The van der Waals surface area contributed by atoms with Crippen LogP contribution in [0.25, 0.3) is 0 Å². The molecule has 0 aliphatic carbocycles. The molecule has 1 rings (SSSR count). The molecule has 0 aliphatic heterocycles. The fourth-order valence-corrected chi connectivity index (χ4v) is 1.22. The summed E-state index contributed by atoms with van der Waals surface area (Å²) in [4.78, 5) is 11.4. The van der Waals surface area contributed by atoms with Crippen LogP contribution in [0.4, 0.5) is 0 Å². The fourth-order valence-electron chi connectivity index (χ4n) is 1.22. The van der Waals surface area contributed by atoms with E-state index < -0.39 is 5.97 Å². The maximum absolute atomic E-state index is 11.4. The predicted molar refractivity (Wildman–Crippen MR) is 53.7 cm³/mol. The lowest BCUT2D eigenvalue weighted by atomic mass is 10.0. The topological polar surface area (TPSA) is 59.3 Å². The molecule has 0 bridgehead atoms. The summed E-state index contributed by atoms with van der Waals surface area (Å²) < 4.78 is 9.61. The van der Waals surface area contributed by atoms with Gasteiger partial charge in [-0.15, -0.1) is 0 Å². The SMILES string of the molecule is COC(=O)c1cc(OC)ccc1CC#N. The summed E-state index contributed by atoms with van der Waals surface area (Å²) in [5.74, 6) is 0.108. The highest BCUT2D eigenvalue weighted by Crippen LogP contribution is 2.18. The van der Waals surface area contributed by atoms with E-state index in [1.54, 1.807) is 18.2 Å². The summed E-state index contributed by atoms with van der Waals surface area (Å²) in [7, 11) is 2.82. The van der Waals surface area contributed by atoms with Crippen LogP contribution in [0.1, 0.15) is 15.9 Å². The molecule has 0 heterocycles. The van der Waals surface area contributed by atoms with Crippen LogP contribution in [-0.2, 0) is 11.2 Å². The maximum atomic E-state index is 11.4. The van der Waals surface area contributed by atoms with E-state index >= 15 is 0 Å². The molecule has 0 amide bonds. The van der Waals surface area contributed by atoms with Gasteiger partial charge in [-0.2, -0.15) is 5.26 Å². The molecule has 4 nitrogen and oxygen atoms in total. The molecule has 0 fully saturated rings. The highest BCUT2D eigenvalue weighted by Gasteiger charge is 2.12. The lowest BCUT2D eigenvalue weighted by Gasteiger charge is -2.07. The average Bonchev–Trinajstić information content (AvgIpc) is 2.29. The molecule has 0 saturated heterocycles. The van der Waals surface area contributed by atoms with Crippen LogP contribution < -0.4 is 4.74 Å². The van der Waals surface area contributed by atoms with Gasteiger partial charge in [-0.25, -0.2) is 4.79 Å². The minimum Gasteiger partial charge on any atom is -0.497 e. The Balaban J connectivity index is 3.17. The number of rotatable bonds is 3. The second-order valence-electron chi connectivity index (χ2n) is 2.85. The van der Waals surface area contributed by atoms with Gasteiger partial charge in [0.15, 0.2) is 0 Å². The number of nitriles is 1. The molecule has 0 radical (unpaired) electrons. The second-order valence-corrected chi connectivity index (χ2v) is 2.85. The van der Waals surface area contributed by atoms with Crippen LogP contribution in [0.2, 0.25) is 0 Å². The van der Waals surface area contributed by atoms with Crippen molar-refractivity contribution >= 4 is 5.97 Å². The van der Waals surface area contributed by atoms with Crippen LogP contribution in [0.3, 0.4) is 0 Å². The van der Waals surface area contributed by atoms with Crippen molar-refractivity contribution in [3.05, 3.63) is 29.3 Å². The fraction of sp³-hybridized carbons (Fsp3) is 0.273. The van der Waals surface area contributed by atoms with E-state index in [1.807, 2.05) is 6.07 Å². The first-order chi connectivity index (χ1) is 7.22. The lowest BCUT2D eigenvalue weighted by Crippen LogP contribution is -2.05. The zero-order valence-corrected chi connectivity index (χ0v) is 8.61. The second kappa shape index (κ2) is 5.01. The van der Waals surface area contributed by atoms with Gasteiger partial charge < -0.3 is 9.47 Å². The summed E-state index contributed by atoms with van der Waals surface area (Å²) in [5, 5.41) is 8.59. The molecule has 78 valence electrons. The Bertz CT molecular complexity index is 407. The molecule has 0 N–H and O–H groups in total. The van der Waals surface area contributed by atoms with Crippen molar-refractivity contribution in [2.45, 2.75) is 6.42 Å². The molecule has 15 heavy (non-hydrogen) atoms. The molecule has 0 aliphatic rings. The van der Waals surface area contributed by atoms with E-state index in [1.165, 1.54) is 14.2 Å². The molecule has 0 atom stereocenters. The van der Waals surface area contributed by atoms with Crippen molar-refractivity contribution in [1.29, 1.82) is 5.26 Å². The normalized spacial score (nSPS) is 9.13. The number of carbonyl (C=O) groups excluding carboxylic acids is 1. The minimum atomic E-state index is -0.459. The largest absolute Gasteiger partial charge is 0.497 e. The van der Waals surface area contributed by atoms with Gasteiger partial charge >= 0.3 is 5.97 Å². The molecular formula is C11H11NO3. The number of methoxy groups -OCH3 is 2. The van der Waals surface area contributed by atoms with E-state index in [9.17, 15) is 4.79 Å². The number of esters is 1. The summed E-state index contributed by atoms with van der Waals surface area (Å²) in [6.07, 6.45) is 0.175. The molecular weight excluding hydrogens is 194 g/mol. The monoisotopic (exact) mass is 205 g/mol. The van der Waals surface area contributed by atoms with Crippen LogP contribution in [0, 0.1) is 11.3 Å². The van der Waals surface area contributed by atoms with E-state index in [2.05, 4.69) is 4.74 Å². The van der Waals surface area contributed by atoms with Crippen LogP contribution >= 0.6 is 0 Å². The van der Waals surface area contributed by atoms with Crippen molar-refractivity contribution in [3.8, 4) is 11.8 Å². The number of hydrogen-bond acceptors (Lipinski definition) is 4. The molecule has 1 aromatic rings. The Labute approximate surface area is 88.0 Å². The van der Waals surface area contributed by atoms with Gasteiger partial charge in [0, 0.05) is 0 Å². The smallest absolute Gasteiger partial charge is 0.338 e. The van der Waals surface area contributed by atoms with Crippen LogP contribution in [0.5, 0.6) is 5.75 Å². The highest BCUT2D eigenvalue weighted by molar-refractivity contribution is 5.91. The molecule has 0 saturated carbocycles. The summed E-state index contributed by atoms with van der Waals surface area (Å²) in [6.45, 7) is 0. The number of nitrogens with zero attached hydrogens (tertiary/aromatic N) is 1. The number of benzene rings is 1. The van der Waals surface area contributed by atoms with E-state index in [0.717, 1.165) is 0 Å². The van der Waals surface area contributed by atoms with E-state index in [0.29, 0.717) is 16.9 Å². The molecule has 0 aromatic heterocycles. The molecule has 4 heteroatoms.